The quantitative estimate of drug-likeness (QED) is 0.453. The molecule has 202 valence electrons. The molecule has 0 amide bonds. The lowest BCUT2D eigenvalue weighted by molar-refractivity contribution is -0.220. The molecule has 0 aromatic heterocycles. The number of Topliss-reactive ketones (excluding diaryl/α,β-unsaturated/α-hetero) is 1. The Morgan fingerprint density at radius 1 is 0.973 bits per heavy atom. The zero-order valence-electron chi connectivity index (χ0n) is 24.1. The maximum absolute atomic E-state index is 14.5. The van der Waals surface area contributed by atoms with Gasteiger partial charge in [0.1, 0.15) is 5.78 Å². The van der Waals surface area contributed by atoms with Crippen molar-refractivity contribution < 1.29 is 9.90 Å². The summed E-state index contributed by atoms with van der Waals surface area (Å²) in [6.07, 6.45) is 9.13. The number of nitriles is 2. The van der Waals surface area contributed by atoms with E-state index in [-0.39, 0.29) is 50.9 Å². The minimum absolute atomic E-state index is 0.00461. The van der Waals surface area contributed by atoms with Gasteiger partial charge in [-0.3, -0.25) is 10.1 Å². The largest absolute Gasteiger partial charge is 0.387 e. The van der Waals surface area contributed by atoms with Crippen molar-refractivity contribution in [2.45, 2.75) is 111 Å². The van der Waals surface area contributed by atoms with Crippen LogP contribution in [0.25, 0.3) is 0 Å². The number of hydrogen-bond acceptors (Lipinski definition) is 5. The number of aliphatic hydroxyl groups is 1. The molecular weight excluding hydrogens is 458 g/mol. The van der Waals surface area contributed by atoms with Crippen LogP contribution in [0, 0.1) is 73.4 Å². The first kappa shape index (κ1) is 26.9. The molecule has 5 heteroatoms. The Bertz CT molecular complexity index is 1110. The Morgan fingerprint density at radius 3 is 2.30 bits per heavy atom. The molecule has 5 rings (SSSR count). The molecule has 3 unspecified atom stereocenters. The fraction of sp³-hybridized carbons (Fsp3) is 0.844. The van der Waals surface area contributed by atoms with Gasteiger partial charge in [0.15, 0.2) is 0 Å². The van der Waals surface area contributed by atoms with Gasteiger partial charge >= 0.3 is 0 Å². The monoisotopic (exact) mass is 505 g/mol. The molecule has 4 saturated carbocycles. The molecule has 5 nitrogen and oxygen atoms in total. The van der Waals surface area contributed by atoms with Crippen molar-refractivity contribution in [3.63, 3.8) is 0 Å². The summed E-state index contributed by atoms with van der Waals surface area (Å²) >= 11 is 0. The van der Waals surface area contributed by atoms with Gasteiger partial charge in [0, 0.05) is 17.9 Å². The minimum atomic E-state index is -0.756. The van der Waals surface area contributed by atoms with Crippen LogP contribution in [-0.2, 0) is 4.79 Å². The zero-order chi connectivity index (χ0) is 27.2. The topological polar surface area (TPSA) is 96.9 Å². The van der Waals surface area contributed by atoms with Crippen molar-refractivity contribution >= 4 is 5.78 Å². The van der Waals surface area contributed by atoms with Crippen LogP contribution in [0.2, 0.25) is 0 Å². The molecule has 37 heavy (non-hydrogen) atoms. The smallest absolute Gasteiger partial charge is 0.137 e. The SMILES string of the molecule is CC1(C)CC[C@]2(NCC#N)CC[C@]3(C)C(C(=O)C[C@@H]4[C@@]5(C)C=C(C#N)C(O)C(C)(C)[C@@H]5CC[C@]43C)C2C1. The summed E-state index contributed by atoms with van der Waals surface area (Å²) in [6.45, 7) is 16.4. The summed E-state index contributed by atoms with van der Waals surface area (Å²) < 4.78 is 0. The number of hydrogen-bond donors (Lipinski definition) is 2. The molecule has 4 fully saturated rings. The number of carbonyl (C=O) groups excluding carboxylic acids is 1. The van der Waals surface area contributed by atoms with Gasteiger partial charge in [-0.15, -0.1) is 0 Å². The van der Waals surface area contributed by atoms with Gasteiger partial charge in [0.05, 0.1) is 30.4 Å². The molecular formula is C32H47N3O2. The number of nitrogens with one attached hydrogen (secondary N) is 1. The van der Waals surface area contributed by atoms with E-state index in [1.165, 1.54) is 0 Å². The van der Waals surface area contributed by atoms with E-state index in [9.17, 15) is 20.4 Å². The van der Waals surface area contributed by atoms with Gasteiger partial charge in [-0.25, -0.2) is 0 Å². The number of rotatable bonds is 2. The molecule has 0 heterocycles. The Hall–Kier alpha value is -1.69. The van der Waals surface area contributed by atoms with E-state index in [1.54, 1.807) is 0 Å². The van der Waals surface area contributed by atoms with Gasteiger partial charge in [-0.05, 0) is 89.8 Å². The Kier molecular flexibility index (Phi) is 5.93. The predicted octanol–water partition coefficient (Wildman–Crippen LogP) is 5.94. The third-order valence-electron chi connectivity index (χ3n) is 13.2. The van der Waals surface area contributed by atoms with E-state index >= 15 is 0 Å². The Morgan fingerprint density at radius 2 is 1.65 bits per heavy atom. The van der Waals surface area contributed by atoms with E-state index in [0.29, 0.717) is 24.3 Å². The van der Waals surface area contributed by atoms with Gasteiger partial charge in [0.2, 0.25) is 0 Å². The number of aliphatic hydroxyl groups excluding tert-OH is 1. The first-order chi connectivity index (χ1) is 17.1. The minimum Gasteiger partial charge on any atom is -0.387 e. The second kappa shape index (κ2) is 8.16. The third-order valence-corrected chi connectivity index (χ3v) is 13.2. The molecule has 5 aliphatic rings. The fourth-order valence-electron chi connectivity index (χ4n) is 11.0. The van der Waals surface area contributed by atoms with E-state index in [4.69, 9.17) is 0 Å². The highest BCUT2D eigenvalue weighted by atomic mass is 16.3. The normalized spacial score (nSPS) is 49.7. The van der Waals surface area contributed by atoms with Crippen molar-refractivity contribution in [1.29, 1.82) is 10.5 Å². The van der Waals surface area contributed by atoms with Crippen molar-refractivity contribution in [1.82, 2.24) is 5.32 Å². The van der Waals surface area contributed by atoms with Crippen LogP contribution in [0.5, 0.6) is 0 Å². The highest BCUT2D eigenvalue weighted by Crippen LogP contribution is 2.75. The van der Waals surface area contributed by atoms with Crippen LogP contribution < -0.4 is 5.32 Å². The van der Waals surface area contributed by atoms with Gasteiger partial charge < -0.3 is 5.11 Å². The van der Waals surface area contributed by atoms with Crippen LogP contribution in [0.1, 0.15) is 99.8 Å². The Labute approximate surface area is 224 Å². The molecule has 0 aromatic rings. The van der Waals surface area contributed by atoms with Crippen molar-refractivity contribution in [3.8, 4) is 12.1 Å². The lowest BCUT2D eigenvalue weighted by atomic mass is 9.32. The first-order valence-electron chi connectivity index (χ1n) is 14.6. The molecule has 0 aromatic carbocycles. The van der Waals surface area contributed by atoms with Crippen LogP contribution in [-0.4, -0.2) is 29.1 Å². The number of ketones is 1. The van der Waals surface area contributed by atoms with Gasteiger partial charge in [-0.2, -0.15) is 10.5 Å². The van der Waals surface area contributed by atoms with Crippen LogP contribution in [0.4, 0.5) is 0 Å². The molecule has 9 atom stereocenters. The van der Waals surface area contributed by atoms with Crippen molar-refractivity contribution in [2.75, 3.05) is 6.54 Å². The third kappa shape index (κ3) is 3.42. The molecule has 0 saturated heterocycles. The summed E-state index contributed by atoms with van der Waals surface area (Å²) in [6, 6.07) is 4.63. The molecule has 5 aliphatic carbocycles. The summed E-state index contributed by atoms with van der Waals surface area (Å²) in [4.78, 5) is 14.5. The van der Waals surface area contributed by atoms with E-state index < -0.39 is 11.5 Å². The first-order valence-corrected chi connectivity index (χ1v) is 14.6. The summed E-state index contributed by atoms with van der Waals surface area (Å²) in [5, 5.41) is 34.1. The average molecular weight is 506 g/mol. The van der Waals surface area contributed by atoms with E-state index in [0.717, 1.165) is 44.9 Å². The molecule has 2 N–H and O–H groups in total. The summed E-state index contributed by atoms with van der Waals surface area (Å²) in [5.41, 5.74) is -0.328. The number of fused-ring (bicyclic) bond motifs is 7. The standard InChI is InChI=1S/C32H47N3O2/c1-27(2)10-12-32(35-15-14-33)13-11-31(7)25(21(32)18-27)22(36)16-24-29(5)17-20(19-34)26(37)28(3,4)23(29)8-9-30(24,31)6/h17,21,23-26,35,37H,8-13,15-16,18H2,1-7H3/t21?,23-,24+,25?,26?,29-,30+,31+,32-/m0/s1. The lowest BCUT2D eigenvalue weighted by Crippen LogP contribution is -2.71. The molecule has 0 spiro atoms. The second-order valence-corrected chi connectivity index (χ2v) is 15.6. The highest BCUT2D eigenvalue weighted by Gasteiger charge is 2.72. The maximum atomic E-state index is 14.5. The number of carbonyl (C=O) groups is 1. The second-order valence-electron chi connectivity index (χ2n) is 15.6. The van der Waals surface area contributed by atoms with Crippen molar-refractivity contribution in [2.24, 2.45) is 50.7 Å². The number of nitrogens with zero attached hydrogens (tertiary/aromatic N) is 2. The van der Waals surface area contributed by atoms with E-state index in [1.807, 2.05) is 0 Å². The number of allylic oxidation sites excluding steroid dienone is 1. The molecule has 0 radical (unpaired) electrons. The molecule has 0 aliphatic heterocycles. The van der Waals surface area contributed by atoms with Gasteiger partial charge in [0.25, 0.3) is 0 Å². The van der Waals surface area contributed by atoms with E-state index in [2.05, 4.69) is 72.0 Å². The lowest BCUT2D eigenvalue weighted by Gasteiger charge is -2.72. The summed E-state index contributed by atoms with van der Waals surface area (Å²) in [7, 11) is 0. The van der Waals surface area contributed by atoms with Crippen LogP contribution in [0.15, 0.2) is 11.6 Å². The summed E-state index contributed by atoms with van der Waals surface area (Å²) in [5.74, 6) is 1.02. The molecule has 0 bridgehead atoms. The average Bonchev–Trinajstić information content (AvgIpc) is 2.82. The van der Waals surface area contributed by atoms with Crippen LogP contribution >= 0.6 is 0 Å². The zero-order valence-corrected chi connectivity index (χ0v) is 24.1. The van der Waals surface area contributed by atoms with Crippen LogP contribution in [0.3, 0.4) is 0 Å². The fourth-order valence-corrected chi connectivity index (χ4v) is 11.0. The Balaban J connectivity index is 1.61. The predicted molar refractivity (Wildman–Crippen MR) is 144 cm³/mol. The maximum Gasteiger partial charge on any atom is 0.137 e. The highest BCUT2D eigenvalue weighted by molar-refractivity contribution is 5.84. The van der Waals surface area contributed by atoms with Crippen molar-refractivity contribution in [3.05, 3.63) is 11.6 Å². The van der Waals surface area contributed by atoms with Gasteiger partial charge in [-0.1, -0.05) is 54.5 Å².